The Morgan fingerprint density at radius 1 is 0.900 bits per heavy atom. The normalized spacial score (nSPS) is 13.7. The maximum absolute atomic E-state index is 13.2. The van der Waals surface area contributed by atoms with Gasteiger partial charge in [0.2, 0.25) is 17.6 Å². The van der Waals surface area contributed by atoms with Crippen LogP contribution in [-0.2, 0) is 30.5 Å². The number of urea groups is 1. The van der Waals surface area contributed by atoms with Gasteiger partial charge < -0.3 is 37.5 Å². The molecule has 1 aromatic rings. The smallest absolute Gasteiger partial charge is 0.408 e. The number of nitrogens with one attached hydrogen (secondary N) is 4. The molecule has 0 bridgehead atoms. The van der Waals surface area contributed by atoms with E-state index in [4.69, 9.17) is 16.2 Å². The first kappa shape index (κ1) is 33.9. The Morgan fingerprint density at radius 2 is 1.55 bits per heavy atom. The van der Waals surface area contributed by atoms with Crippen LogP contribution in [-0.4, -0.2) is 60.3 Å². The maximum Gasteiger partial charge on any atom is 0.408 e. The summed E-state index contributed by atoms with van der Waals surface area (Å²) in [4.78, 5) is 74.2. The van der Waals surface area contributed by atoms with E-state index in [0.29, 0.717) is 6.42 Å². The van der Waals surface area contributed by atoms with Crippen LogP contribution in [0, 0.1) is 11.8 Å². The summed E-state index contributed by atoms with van der Waals surface area (Å²) in [7, 11) is 0. The van der Waals surface area contributed by atoms with Crippen molar-refractivity contribution in [3.63, 3.8) is 0 Å². The number of amides is 6. The predicted octanol–water partition coefficient (Wildman–Crippen LogP) is 0.846. The highest BCUT2D eigenvalue weighted by Gasteiger charge is 2.35. The van der Waals surface area contributed by atoms with Crippen molar-refractivity contribution >= 4 is 35.6 Å². The zero-order valence-electron chi connectivity index (χ0n) is 23.5. The minimum Gasteiger partial charge on any atom is -0.445 e. The number of Topliss-reactive ketones (excluding diaryl/α,β-unsaturated/α-hetero) is 1. The highest BCUT2D eigenvalue weighted by Crippen LogP contribution is 2.12. The fourth-order valence-corrected chi connectivity index (χ4v) is 3.74. The van der Waals surface area contributed by atoms with Gasteiger partial charge in [-0.15, -0.1) is 0 Å². The molecule has 0 heterocycles. The molecule has 1 unspecified atom stereocenters. The molecule has 0 radical (unpaired) electrons. The molecule has 13 heteroatoms. The fraction of sp³-hybridized carbons (Fsp3) is 0.556. The van der Waals surface area contributed by atoms with E-state index < -0.39 is 59.7 Å². The van der Waals surface area contributed by atoms with E-state index in [1.54, 1.807) is 38.1 Å². The van der Waals surface area contributed by atoms with Gasteiger partial charge >= 0.3 is 12.1 Å². The summed E-state index contributed by atoms with van der Waals surface area (Å²) >= 11 is 0. The van der Waals surface area contributed by atoms with Gasteiger partial charge in [-0.25, -0.2) is 9.59 Å². The number of hydrogen-bond donors (Lipinski definition) is 6. The van der Waals surface area contributed by atoms with Gasteiger partial charge in [-0.3, -0.25) is 19.2 Å². The minimum absolute atomic E-state index is 0.00611. The van der Waals surface area contributed by atoms with Crippen LogP contribution in [0.2, 0.25) is 0 Å². The molecular formula is C27H42N6O7. The SMILES string of the molecule is CC[C@H](C)C(NC(=O)[C@H](CC(C)C)NC(=O)OCc1ccccc1)C(=O)C(=O)N[C@H](CCCNC(N)=O)C(N)=O. The van der Waals surface area contributed by atoms with Crippen molar-refractivity contribution in [2.45, 2.75) is 78.1 Å². The number of primary amides is 2. The largest absolute Gasteiger partial charge is 0.445 e. The van der Waals surface area contributed by atoms with E-state index in [2.05, 4.69) is 21.3 Å². The second-order valence-corrected chi connectivity index (χ2v) is 9.99. The highest BCUT2D eigenvalue weighted by atomic mass is 16.5. The topological polar surface area (TPSA) is 212 Å². The molecule has 0 saturated carbocycles. The molecule has 4 atom stereocenters. The van der Waals surface area contributed by atoms with E-state index in [-0.39, 0.29) is 38.3 Å². The van der Waals surface area contributed by atoms with Crippen molar-refractivity contribution in [2.75, 3.05) is 6.54 Å². The monoisotopic (exact) mass is 562 g/mol. The predicted molar refractivity (Wildman–Crippen MR) is 147 cm³/mol. The number of hydrogen-bond acceptors (Lipinski definition) is 7. The number of ether oxygens (including phenoxy) is 1. The summed E-state index contributed by atoms with van der Waals surface area (Å²) in [5, 5.41) is 9.82. The lowest BCUT2D eigenvalue weighted by molar-refractivity contribution is -0.142. The van der Waals surface area contributed by atoms with Gasteiger partial charge in [-0.1, -0.05) is 64.4 Å². The summed E-state index contributed by atoms with van der Waals surface area (Å²) in [6.45, 7) is 7.37. The molecule has 0 aliphatic heterocycles. The molecule has 8 N–H and O–H groups in total. The van der Waals surface area contributed by atoms with Crippen molar-refractivity contribution in [1.29, 1.82) is 0 Å². The van der Waals surface area contributed by atoms with Gasteiger partial charge in [0.1, 0.15) is 18.7 Å². The van der Waals surface area contributed by atoms with Crippen molar-refractivity contribution < 1.29 is 33.5 Å². The molecule has 0 saturated heterocycles. The quantitative estimate of drug-likeness (QED) is 0.119. The summed E-state index contributed by atoms with van der Waals surface area (Å²) in [6, 6.07) is 4.87. The van der Waals surface area contributed by atoms with Crippen LogP contribution in [0.1, 0.15) is 58.9 Å². The van der Waals surface area contributed by atoms with Gasteiger partial charge in [0, 0.05) is 6.54 Å². The Labute approximate surface area is 234 Å². The van der Waals surface area contributed by atoms with Gasteiger partial charge in [0.25, 0.3) is 5.91 Å². The van der Waals surface area contributed by atoms with Crippen molar-refractivity contribution in [1.82, 2.24) is 21.3 Å². The third kappa shape index (κ3) is 12.6. The third-order valence-corrected chi connectivity index (χ3v) is 6.16. The fourth-order valence-electron chi connectivity index (χ4n) is 3.74. The minimum atomic E-state index is -1.22. The lowest BCUT2D eigenvalue weighted by Gasteiger charge is -2.27. The number of benzene rings is 1. The summed E-state index contributed by atoms with van der Waals surface area (Å²) in [6.07, 6.45) is 0.218. The summed E-state index contributed by atoms with van der Waals surface area (Å²) in [5.74, 6) is -4.00. The molecule has 0 aromatic heterocycles. The molecule has 6 amide bonds. The second kappa shape index (κ2) is 17.4. The van der Waals surface area contributed by atoms with Gasteiger partial charge in [0.05, 0.1) is 6.04 Å². The number of carbonyl (C=O) groups is 6. The van der Waals surface area contributed by atoms with Crippen LogP contribution in [0.15, 0.2) is 30.3 Å². The number of ketones is 1. The molecule has 222 valence electrons. The van der Waals surface area contributed by atoms with E-state index in [0.717, 1.165) is 5.56 Å². The second-order valence-electron chi connectivity index (χ2n) is 9.99. The van der Waals surface area contributed by atoms with E-state index >= 15 is 0 Å². The molecule has 1 aromatic carbocycles. The van der Waals surface area contributed by atoms with Crippen LogP contribution in [0.25, 0.3) is 0 Å². The van der Waals surface area contributed by atoms with Crippen molar-refractivity contribution in [2.24, 2.45) is 23.3 Å². The zero-order chi connectivity index (χ0) is 30.2. The molecular weight excluding hydrogens is 520 g/mol. The molecule has 0 aliphatic rings. The average Bonchev–Trinajstić information content (AvgIpc) is 2.90. The molecule has 40 heavy (non-hydrogen) atoms. The Hall–Kier alpha value is -4.16. The molecule has 13 nitrogen and oxygen atoms in total. The van der Waals surface area contributed by atoms with Crippen LogP contribution >= 0.6 is 0 Å². The molecule has 0 spiro atoms. The Balaban J connectivity index is 2.91. The van der Waals surface area contributed by atoms with E-state index in [1.165, 1.54) is 0 Å². The maximum atomic E-state index is 13.2. The first-order valence-corrected chi connectivity index (χ1v) is 13.3. The lowest BCUT2D eigenvalue weighted by Crippen LogP contribution is -2.57. The third-order valence-electron chi connectivity index (χ3n) is 6.16. The van der Waals surface area contributed by atoms with Crippen molar-refractivity contribution in [3.8, 4) is 0 Å². The number of alkyl carbamates (subject to hydrolysis) is 1. The molecule has 0 aliphatic carbocycles. The van der Waals surface area contributed by atoms with Crippen LogP contribution < -0.4 is 32.7 Å². The first-order chi connectivity index (χ1) is 18.8. The number of nitrogens with two attached hydrogens (primary N) is 2. The Bertz CT molecular complexity index is 1020. The van der Waals surface area contributed by atoms with E-state index in [9.17, 15) is 28.8 Å². The molecule has 0 fully saturated rings. The van der Waals surface area contributed by atoms with Crippen LogP contribution in [0.4, 0.5) is 9.59 Å². The zero-order valence-corrected chi connectivity index (χ0v) is 23.5. The van der Waals surface area contributed by atoms with E-state index in [1.807, 2.05) is 19.9 Å². The standard InChI is InChI=1S/C27H42N6O7/c1-5-17(4)21(22(34)25(37)31-19(23(28)35)12-9-13-30-26(29)38)33-24(36)20(14-16(2)3)32-27(39)40-15-18-10-7-6-8-11-18/h6-8,10-11,16-17,19-21H,5,9,12-15H2,1-4H3,(H2,28,35)(H,31,37)(H,32,39)(H,33,36)(H3,29,30,38)/t17-,19+,20-,21?/m0/s1. The Morgan fingerprint density at radius 3 is 2.10 bits per heavy atom. The summed E-state index contributed by atoms with van der Waals surface area (Å²) < 4.78 is 5.23. The van der Waals surface area contributed by atoms with Gasteiger partial charge in [0.15, 0.2) is 0 Å². The average molecular weight is 563 g/mol. The number of rotatable bonds is 17. The van der Waals surface area contributed by atoms with Crippen molar-refractivity contribution in [3.05, 3.63) is 35.9 Å². The van der Waals surface area contributed by atoms with Crippen LogP contribution in [0.3, 0.4) is 0 Å². The summed E-state index contributed by atoms with van der Waals surface area (Å²) in [5.41, 5.74) is 11.1. The van der Waals surface area contributed by atoms with Gasteiger partial charge in [-0.2, -0.15) is 0 Å². The molecule has 1 rings (SSSR count). The Kier molecular flexibility index (Phi) is 14.8. The lowest BCUT2D eigenvalue weighted by atomic mass is 9.93. The van der Waals surface area contributed by atoms with Gasteiger partial charge in [-0.05, 0) is 36.7 Å². The highest BCUT2D eigenvalue weighted by molar-refractivity contribution is 6.38. The van der Waals surface area contributed by atoms with Crippen LogP contribution in [0.5, 0.6) is 0 Å². The first-order valence-electron chi connectivity index (χ1n) is 13.3. The number of carbonyl (C=O) groups excluding carboxylic acids is 6.